The van der Waals surface area contributed by atoms with Crippen LogP contribution in [0.15, 0.2) is 44.0 Å². The molecule has 0 aliphatic rings. The molecule has 0 unspecified atom stereocenters. The molecule has 0 bridgehead atoms. The fourth-order valence-electron chi connectivity index (χ4n) is 2.24. The van der Waals surface area contributed by atoms with Gasteiger partial charge in [0, 0.05) is 24.6 Å². The zero-order valence-electron chi connectivity index (χ0n) is 12.4. The Morgan fingerprint density at radius 3 is 2.36 bits per heavy atom. The quantitative estimate of drug-likeness (QED) is 0.746. The average Bonchev–Trinajstić information content (AvgIpc) is 3.01. The zero-order chi connectivity index (χ0) is 15.7. The summed E-state index contributed by atoms with van der Waals surface area (Å²) in [6.45, 7) is 0. The molecule has 0 amide bonds. The van der Waals surface area contributed by atoms with Gasteiger partial charge in [0.05, 0.1) is 14.2 Å². The third-order valence-corrected chi connectivity index (χ3v) is 3.36. The van der Waals surface area contributed by atoms with Crippen molar-refractivity contribution in [1.82, 2.24) is 0 Å². The fourth-order valence-corrected chi connectivity index (χ4v) is 2.24. The van der Waals surface area contributed by atoms with E-state index < -0.39 is 5.63 Å². The molecule has 1 N–H and O–H groups in total. The second kappa shape index (κ2) is 5.48. The number of anilines is 1. The molecule has 2 heterocycles. The maximum atomic E-state index is 12.2. The van der Waals surface area contributed by atoms with Gasteiger partial charge in [-0.05, 0) is 18.2 Å². The third kappa shape index (κ3) is 2.28. The number of ether oxygens (including phenoxy) is 2. The summed E-state index contributed by atoms with van der Waals surface area (Å²) in [6, 6.07) is 8.54. The van der Waals surface area contributed by atoms with Crippen molar-refractivity contribution in [2.24, 2.45) is 0 Å². The van der Waals surface area contributed by atoms with E-state index in [1.54, 1.807) is 44.5 Å². The van der Waals surface area contributed by atoms with Crippen LogP contribution in [0.1, 0.15) is 0 Å². The number of hydrogen-bond acceptors (Lipinski definition) is 6. The van der Waals surface area contributed by atoms with E-state index in [1.165, 1.54) is 7.11 Å². The van der Waals surface area contributed by atoms with E-state index in [0.29, 0.717) is 34.3 Å². The molecule has 3 rings (SSSR count). The highest BCUT2D eigenvalue weighted by atomic mass is 16.5. The highest BCUT2D eigenvalue weighted by Gasteiger charge is 2.14. The lowest BCUT2D eigenvalue weighted by molar-refractivity contribution is 0.355. The SMILES string of the molecule is CNc1ccc(-c2cc3cc(OC)c(OC)cc3oc2=O)o1. The van der Waals surface area contributed by atoms with E-state index in [1.807, 2.05) is 0 Å². The molecule has 0 aliphatic heterocycles. The molecule has 0 radical (unpaired) electrons. The molecule has 1 aromatic carbocycles. The van der Waals surface area contributed by atoms with Crippen molar-refractivity contribution in [2.75, 3.05) is 26.6 Å². The average molecular weight is 301 g/mol. The highest BCUT2D eigenvalue weighted by molar-refractivity contribution is 5.84. The molecular weight excluding hydrogens is 286 g/mol. The minimum Gasteiger partial charge on any atom is -0.493 e. The standard InChI is InChI=1S/C16H15NO5/c1-17-15-5-4-11(21-15)10-6-9-7-13(19-2)14(20-3)8-12(9)22-16(10)18/h4-8,17H,1-3H3. The summed E-state index contributed by atoms with van der Waals surface area (Å²) in [6.07, 6.45) is 0. The minimum absolute atomic E-state index is 0.348. The first-order valence-corrected chi connectivity index (χ1v) is 6.64. The Hall–Kier alpha value is -2.89. The summed E-state index contributed by atoms with van der Waals surface area (Å²) >= 11 is 0. The molecule has 0 spiro atoms. The van der Waals surface area contributed by atoms with Crippen LogP contribution < -0.4 is 20.4 Å². The Morgan fingerprint density at radius 2 is 1.73 bits per heavy atom. The van der Waals surface area contributed by atoms with Gasteiger partial charge in [0.15, 0.2) is 17.4 Å². The smallest absolute Gasteiger partial charge is 0.347 e. The normalized spacial score (nSPS) is 10.7. The molecule has 0 aliphatic carbocycles. The summed E-state index contributed by atoms with van der Waals surface area (Å²) < 4.78 is 21.4. The van der Waals surface area contributed by atoms with Crippen LogP contribution in [-0.4, -0.2) is 21.3 Å². The fraction of sp³-hybridized carbons (Fsp3) is 0.188. The van der Waals surface area contributed by atoms with Crippen molar-refractivity contribution >= 4 is 16.9 Å². The van der Waals surface area contributed by atoms with E-state index in [4.69, 9.17) is 18.3 Å². The van der Waals surface area contributed by atoms with Gasteiger partial charge in [-0.1, -0.05) is 0 Å². The summed E-state index contributed by atoms with van der Waals surface area (Å²) in [7, 11) is 4.82. The Labute approximate surface area is 126 Å². The molecule has 0 fully saturated rings. The Bertz CT molecular complexity index is 878. The van der Waals surface area contributed by atoms with Crippen LogP contribution in [0.25, 0.3) is 22.3 Å². The van der Waals surface area contributed by atoms with Gasteiger partial charge in [-0.2, -0.15) is 0 Å². The lowest BCUT2D eigenvalue weighted by Crippen LogP contribution is -2.02. The Balaban J connectivity index is 2.20. The number of benzene rings is 1. The van der Waals surface area contributed by atoms with Crippen molar-refractivity contribution in [3.8, 4) is 22.8 Å². The van der Waals surface area contributed by atoms with E-state index in [0.717, 1.165) is 5.39 Å². The van der Waals surface area contributed by atoms with Gasteiger partial charge in [0.1, 0.15) is 16.9 Å². The molecule has 0 atom stereocenters. The number of hydrogen-bond donors (Lipinski definition) is 1. The molecular formula is C16H15NO5. The van der Waals surface area contributed by atoms with Crippen molar-refractivity contribution in [3.63, 3.8) is 0 Å². The maximum absolute atomic E-state index is 12.2. The molecule has 6 nitrogen and oxygen atoms in total. The summed E-state index contributed by atoms with van der Waals surface area (Å²) in [5.41, 5.74) is 0.296. The monoisotopic (exact) mass is 301 g/mol. The van der Waals surface area contributed by atoms with Gasteiger partial charge in [0.25, 0.3) is 0 Å². The number of rotatable bonds is 4. The predicted molar refractivity (Wildman–Crippen MR) is 82.8 cm³/mol. The first kappa shape index (κ1) is 14.1. The first-order valence-electron chi connectivity index (χ1n) is 6.64. The van der Waals surface area contributed by atoms with Crippen molar-refractivity contribution < 1.29 is 18.3 Å². The number of fused-ring (bicyclic) bond motifs is 1. The largest absolute Gasteiger partial charge is 0.493 e. The van der Waals surface area contributed by atoms with E-state index in [9.17, 15) is 4.79 Å². The summed E-state index contributed by atoms with van der Waals surface area (Å²) in [4.78, 5) is 12.2. The van der Waals surface area contributed by atoms with Crippen LogP contribution in [0.2, 0.25) is 0 Å². The van der Waals surface area contributed by atoms with Crippen LogP contribution in [0, 0.1) is 0 Å². The van der Waals surface area contributed by atoms with E-state index in [2.05, 4.69) is 5.32 Å². The number of furan rings is 1. The third-order valence-electron chi connectivity index (χ3n) is 3.36. The van der Waals surface area contributed by atoms with E-state index >= 15 is 0 Å². The molecule has 114 valence electrons. The van der Waals surface area contributed by atoms with Crippen molar-refractivity contribution in [1.29, 1.82) is 0 Å². The second-order valence-corrected chi connectivity index (χ2v) is 4.61. The molecule has 0 saturated heterocycles. The molecule has 2 aromatic heterocycles. The zero-order valence-corrected chi connectivity index (χ0v) is 12.4. The second-order valence-electron chi connectivity index (χ2n) is 4.61. The van der Waals surface area contributed by atoms with Gasteiger partial charge in [0.2, 0.25) is 0 Å². The van der Waals surface area contributed by atoms with Crippen LogP contribution in [-0.2, 0) is 0 Å². The van der Waals surface area contributed by atoms with Gasteiger partial charge in [-0.3, -0.25) is 0 Å². The number of methoxy groups -OCH3 is 2. The Morgan fingerprint density at radius 1 is 1.00 bits per heavy atom. The first-order chi connectivity index (χ1) is 10.7. The van der Waals surface area contributed by atoms with Crippen LogP contribution in [0.3, 0.4) is 0 Å². The van der Waals surface area contributed by atoms with Crippen LogP contribution in [0.4, 0.5) is 5.88 Å². The van der Waals surface area contributed by atoms with Gasteiger partial charge in [-0.25, -0.2) is 4.79 Å². The van der Waals surface area contributed by atoms with Gasteiger partial charge < -0.3 is 23.6 Å². The highest BCUT2D eigenvalue weighted by Crippen LogP contribution is 2.33. The summed E-state index contributed by atoms with van der Waals surface area (Å²) in [5.74, 6) is 2.07. The van der Waals surface area contributed by atoms with Crippen LogP contribution in [0.5, 0.6) is 11.5 Å². The Kier molecular flexibility index (Phi) is 3.50. The van der Waals surface area contributed by atoms with E-state index in [-0.39, 0.29) is 0 Å². The van der Waals surface area contributed by atoms with Gasteiger partial charge in [-0.15, -0.1) is 0 Å². The van der Waals surface area contributed by atoms with Gasteiger partial charge >= 0.3 is 5.63 Å². The minimum atomic E-state index is -0.475. The molecule has 22 heavy (non-hydrogen) atoms. The topological polar surface area (TPSA) is 73.8 Å². The molecule has 6 heteroatoms. The lowest BCUT2D eigenvalue weighted by Gasteiger charge is -2.08. The predicted octanol–water partition coefficient (Wildman–Crippen LogP) is 3.11. The molecule has 3 aromatic rings. The lowest BCUT2D eigenvalue weighted by atomic mass is 10.1. The number of nitrogens with one attached hydrogen (secondary N) is 1. The summed E-state index contributed by atoms with van der Waals surface area (Å²) in [5, 5.41) is 3.59. The van der Waals surface area contributed by atoms with Crippen LogP contribution >= 0.6 is 0 Å². The molecule has 0 saturated carbocycles. The van der Waals surface area contributed by atoms with Crippen molar-refractivity contribution in [3.05, 3.63) is 40.8 Å². The maximum Gasteiger partial charge on any atom is 0.347 e. The van der Waals surface area contributed by atoms with Crippen molar-refractivity contribution in [2.45, 2.75) is 0 Å².